The van der Waals surface area contributed by atoms with Crippen LogP contribution in [0.1, 0.15) is 0 Å². The number of hydrogen-bond acceptors (Lipinski definition) is 9. The predicted octanol–water partition coefficient (Wildman–Crippen LogP) is 4.89. The Kier molecular flexibility index (Phi) is 8.63. The minimum absolute atomic E-state index is 0.0718. The van der Waals surface area contributed by atoms with Crippen molar-refractivity contribution >= 4 is 62.3 Å². The molecule has 0 bridgehead atoms. The molecule has 0 atom stereocenters. The number of nitro benzene ring substituents is 2. The Bertz CT molecular complexity index is 1540. The van der Waals surface area contributed by atoms with Gasteiger partial charge in [-0.3, -0.25) is 29.8 Å². The van der Waals surface area contributed by atoms with Gasteiger partial charge in [0.2, 0.25) is 11.8 Å². The molecule has 2 amide bonds. The first-order valence-corrected chi connectivity index (χ1v) is 12.9. The summed E-state index contributed by atoms with van der Waals surface area (Å²) in [4.78, 5) is 50.3. The van der Waals surface area contributed by atoms with Gasteiger partial charge in [0.1, 0.15) is 6.54 Å². The van der Waals surface area contributed by atoms with Gasteiger partial charge >= 0.3 is 0 Å². The number of halogens is 1. The fourth-order valence-corrected chi connectivity index (χ4v) is 4.42. The maximum atomic E-state index is 12.7. The molecule has 1 aromatic heterocycles. The lowest BCUT2D eigenvalue weighted by molar-refractivity contribution is -0.385. The number of carbonyl (C=O) groups excluding carboxylic acids is 2. The van der Waals surface area contributed by atoms with Gasteiger partial charge < -0.3 is 10.6 Å². The van der Waals surface area contributed by atoms with E-state index >= 15 is 0 Å². The highest BCUT2D eigenvalue weighted by Gasteiger charge is 2.17. The Labute approximate surface area is 233 Å². The average Bonchev–Trinajstić information content (AvgIpc) is 3.30. The SMILES string of the molecule is O=C(CSc1nc(-c2cccc(Br)c2)nn1CC(=O)Nc1ccc([N+](=O)[O-])cc1)Nc1ccc([N+](=O)[O-])cc1. The summed E-state index contributed by atoms with van der Waals surface area (Å²) in [6, 6.07) is 18.1. The largest absolute Gasteiger partial charge is 0.325 e. The minimum atomic E-state index is -0.536. The third-order valence-corrected chi connectivity index (χ3v) is 6.53. The Morgan fingerprint density at radius 1 is 0.872 bits per heavy atom. The molecule has 15 heteroatoms. The summed E-state index contributed by atoms with van der Waals surface area (Å²) >= 11 is 4.46. The molecular weight excluding hydrogens is 594 g/mol. The van der Waals surface area contributed by atoms with Crippen LogP contribution in [0.2, 0.25) is 0 Å². The first kappa shape index (κ1) is 27.4. The Morgan fingerprint density at radius 2 is 1.44 bits per heavy atom. The van der Waals surface area contributed by atoms with E-state index in [2.05, 4.69) is 36.6 Å². The molecule has 0 fully saturated rings. The Hall–Kier alpha value is -4.63. The minimum Gasteiger partial charge on any atom is -0.325 e. The zero-order chi connectivity index (χ0) is 27.9. The Balaban J connectivity index is 1.47. The molecule has 13 nitrogen and oxygen atoms in total. The highest BCUT2D eigenvalue weighted by molar-refractivity contribution is 9.10. The number of carbonyl (C=O) groups is 2. The van der Waals surface area contributed by atoms with Crippen LogP contribution in [0.4, 0.5) is 22.7 Å². The number of thioether (sulfide) groups is 1. The molecule has 0 aliphatic rings. The molecule has 0 unspecified atom stereocenters. The van der Waals surface area contributed by atoms with Crippen LogP contribution in [0.25, 0.3) is 11.4 Å². The number of rotatable bonds is 10. The summed E-state index contributed by atoms with van der Waals surface area (Å²) in [5, 5.41) is 31.7. The second-order valence-corrected chi connectivity index (χ2v) is 9.74. The zero-order valence-corrected chi connectivity index (χ0v) is 22.2. The maximum Gasteiger partial charge on any atom is 0.269 e. The number of benzene rings is 3. The summed E-state index contributed by atoms with van der Waals surface area (Å²) in [6.45, 7) is -0.232. The molecular formula is C24H18BrN7O6S. The van der Waals surface area contributed by atoms with E-state index < -0.39 is 15.8 Å². The van der Waals surface area contributed by atoms with Gasteiger partial charge in [0, 0.05) is 45.7 Å². The molecule has 0 saturated heterocycles. The van der Waals surface area contributed by atoms with E-state index in [0.717, 1.165) is 16.2 Å². The standard InChI is InChI=1S/C24H18BrN7O6S/c25-16-3-1-2-15(12-16)23-28-24(39-14-22(34)27-18-6-10-20(11-7-18)32(37)38)30(29-23)13-21(33)26-17-4-8-19(9-5-17)31(35)36/h1-12H,13-14H2,(H,26,33)(H,27,34). The van der Waals surface area contributed by atoms with Crippen molar-refractivity contribution in [3.63, 3.8) is 0 Å². The third kappa shape index (κ3) is 7.45. The van der Waals surface area contributed by atoms with Crippen LogP contribution in [0.15, 0.2) is 82.4 Å². The molecule has 3 aromatic carbocycles. The van der Waals surface area contributed by atoms with Crippen molar-refractivity contribution in [2.45, 2.75) is 11.7 Å². The highest BCUT2D eigenvalue weighted by Crippen LogP contribution is 2.25. The van der Waals surface area contributed by atoms with Crippen molar-refractivity contribution in [2.24, 2.45) is 0 Å². The molecule has 39 heavy (non-hydrogen) atoms. The van der Waals surface area contributed by atoms with Crippen LogP contribution in [0.3, 0.4) is 0 Å². The van der Waals surface area contributed by atoms with Gasteiger partial charge in [0.25, 0.3) is 11.4 Å². The summed E-state index contributed by atoms with van der Waals surface area (Å²) < 4.78 is 2.17. The number of nitrogens with zero attached hydrogens (tertiary/aromatic N) is 5. The maximum absolute atomic E-state index is 12.7. The third-order valence-electron chi connectivity index (χ3n) is 5.07. The number of nitrogens with one attached hydrogen (secondary N) is 2. The number of nitro groups is 2. The van der Waals surface area contributed by atoms with E-state index in [1.165, 1.54) is 53.2 Å². The van der Waals surface area contributed by atoms with E-state index in [0.29, 0.717) is 27.9 Å². The first-order valence-electron chi connectivity index (χ1n) is 11.1. The van der Waals surface area contributed by atoms with Crippen LogP contribution in [0.5, 0.6) is 0 Å². The van der Waals surface area contributed by atoms with Crippen LogP contribution in [0, 0.1) is 20.2 Å². The molecule has 0 spiro atoms. The van der Waals surface area contributed by atoms with Crippen LogP contribution >= 0.6 is 27.7 Å². The molecule has 0 saturated carbocycles. The fraction of sp³-hybridized carbons (Fsp3) is 0.0833. The van der Waals surface area contributed by atoms with E-state index in [1.54, 1.807) is 6.07 Å². The quantitative estimate of drug-likeness (QED) is 0.143. The van der Waals surface area contributed by atoms with Gasteiger partial charge in [0.15, 0.2) is 11.0 Å². The molecule has 198 valence electrons. The molecule has 0 aliphatic heterocycles. The van der Waals surface area contributed by atoms with E-state index in [-0.39, 0.29) is 29.6 Å². The summed E-state index contributed by atoms with van der Waals surface area (Å²) in [5.74, 6) is -0.565. The molecule has 4 aromatic rings. The van der Waals surface area contributed by atoms with Gasteiger partial charge in [0.05, 0.1) is 15.6 Å². The van der Waals surface area contributed by atoms with Crippen molar-refractivity contribution in [1.82, 2.24) is 14.8 Å². The monoisotopic (exact) mass is 611 g/mol. The lowest BCUT2D eigenvalue weighted by Gasteiger charge is -2.08. The zero-order valence-electron chi connectivity index (χ0n) is 19.8. The average molecular weight is 612 g/mol. The van der Waals surface area contributed by atoms with Crippen molar-refractivity contribution in [3.05, 3.63) is 97.5 Å². The smallest absolute Gasteiger partial charge is 0.269 e. The Morgan fingerprint density at radius 3 is 1.97 bits per heavy atom. The van der Waals surface area contributed by atoms with Crippen molar-refractivity contribution < 1.29 is 19.4 Å². The number of aromatic nitrogens is 3. The van der Waals surface area contributed by atoms with Gasteiger partial charge in [-0.1, -0.05) is 39.8 Å². The topological polar surface area (TPSA) is 175 Å². The second-order valence-electron chi connectivity index (χ2n) is 7.88. The van der Waals surface area contributed by atoms with Crippen molar-refractivity contribution in [1.29, 1.82) is 0 Å². The summed E-state index contributed by atoms with van der Waals surface area (Å²) in [6.07, 6.45) is 0. The van der Waals surface area contributed by atoms with Crippen LogP contribution in [-0.4, -0.2) is 42.2 Å². The van der Waals surface area contributed by atoms with E-state index in [1.807, 2.05) is 18.2 Å². The van der Waals surface area contributed by atoms with E-state index in [4.69, 9.17) is 0 Å². The number of non-ortho nitro benzene ring substituents is 2. The lowest BCUT2D eigenvalue weighted by atomic mass is 10.2. The second kappa shape index (κ2) is 12.3. The number of anilines is 2. The predicted molar refractivity (Wildman–Crippen MR) is 147 cm³/mol. The molecule has 1 heterocycles. The van der Waals surface area contributed by atoms with E-state index in [9.17, 15) is 29.8 Å². The van der Waals surface area contributed by atoms with Crippen LogP contribution in [-0.2, 0) is 16.1 Å². The van der Waals surface area contributed by atoms with Gasteiger partial charge in [-0.2, -0.15) is 0 Å². The van der Waals surface area contributed by atoms with Crippen molar-refractivity contribution in [2.75, 3.05) is 16.4 Å². The van der Waals surface area contributed by atoms with Crippen LogP contribution < -0.4 is 10.6 Å². The molecule has 2 N–H and O–H groups in total. The van der Waals surface area contributed by atoms with Gasteiger partial charge in [-0.25, -0.2) is 9.67 Å². The highest BCUT2D eigenvalue weighted by atomic mass is 79.9. The van der Waals surface area contributed by atoms with Gasteiger partial charge in [-0.15, -0.1) is 5.10 Å². The van der Waals surface area contributed by atoms with Crippen molar-refractivity contribution in [3.8, 4) is 11.4 Å². The van der Waals surface area contributed by atoms with Gasteiger partial charge in [-0.05, 0) is 36.4 Å². The fourth-order valence-electron chi connectivity index (χ4n) is 3.28. The number of amides is 2. The lowest BCUT2D eigenvalue weighted by Crippen LogP contribution is -2.20. The molecule has 0 aliphatic carbocycles. The number of hydrogen-bond donors (Lipinski definition) is 2. The first-order chi connectivity index (χ1) is 18.7. The molecule has 4 rings (SSSR count). The molecule has 0 radical (unpaired) electrons. The normalized spacial score (nSPS) is 10.6. The summed E-state index contributed by atoms with van der Waals surface area (Å²) in [5.41, 5.74) is 1.26. The summed E-state index contributed by atoms with van der Waals surface area (Å²) in [7, 11) is 0.